The van der Waals surface area contributed by atoms with Gasteiger partial charge in [-0.2, -0.15) is 4.98 Å². The molecule has 4 nitrogen and oxygen atoms in total. The van der Waals surface area contributed by atoms with Crippen LogP contribution in [0.5, 0.6) is 0 Å². The number of rotatable bonds is 1. The van der Waals surface area contributed by atoms with E-state index in [0.29, 0.717) is 17.1 Å². The molecule has 88 valence electrons. The zero-order chi connectivity index (χ0) is 12.5. The average molecular weight is 237 g/mol. The van der Waals surface area contributed by atoms with Crippen molar-refractivity contribution in [3.8, 4) is 22.6 Å². The highest BCUT2D eigenvalue weighted by molar-refractivity contribution is 5.63. The van der Waals surface area contributed by atoms with Crippen LogP contribution in [0.3, 0.4) is 0 Å². The Bertz CT molecular complexity index is 719. The summed E-state index contributed by atoms with van der Waals surface area (Å²) in [4.78, 5) is 20.4. The summed E-state index contributed by atoms with van der Waals surface area (Å²) in [5.74, 6) is 0.474. The van der Waals surface area contributed by atoms with E-state index in [9.17, 15) is 4.79 Å². The first kappa shape index (κ1) is 10.7. The van der Waals surface area contributed by atoms with E-state index in [1.54, 1.807) is 6.20 Å². The lowest BCUT2D eigenvalue weighted by atomic mass is 10.1. The second-order valence-electron chi connectivity index (χ2n) is 4.13. The minimum absolute atomic E-state index is 0.241. The Labute approximate surface area is 104 Å². The maximum absolute atomic E-state index is 12.0. The predicted octanol–water partition coefficient (Wildman–Crippen LogP) is 1.95. The third-order valence-electron chi connectivity index (χ3n) is 2.77. The first-order valence-electron chi connectivity index (χ1n) is 5.63. The summed E-state index contributed by atoms with van der Waals surface area (Å²) in [7, 11) is 1.87. The van der Waals surface area contributed by atoms with Crippen LogP contribution in [0.1, 0.15) is 0 Å². The van der Waals surface area contributed by atoms with Crippen molar-refractivity contribution in [1.29, 1.82) is 0 Å². The fraction of sp³-hybridized carbons (Fsp3) is 0.0714. The van der Waals surface area contributed by atoms with Crippen molar-refractivity contribution in [3.63, 3.8) is 0 Å². The standard InChI is InChI=1S/C14H11N3O/c1-17-8-7-12-11(9-17)14(18)16-13(15-12)10-5-3-2-4-6-10/h2-9H,1H3. The topological polar surface area (TPSA) is 47.8 Å². The molecular weight excluding hydrogens is 226 g/mol. The lowest BCUT2D eigenvalue weighted by Gasteiger charge is -2.07. The summed E-state index contributed by atoms with van der Waals surface area (Å²) in [6.45, 7) is 0. The smallest absolute Gasteiger partial charge is 0.282 e. The maximum atomic E-state index is 12.0. The molecule has 4 heteroatoms. The molecule has 2 heterocycles. The van der Waals surface area contributed by atoms with E-state index in [0.717, 1.165) is 5.56 Å². The number of fused-ring (bicyclic) bond motifs is 1. The first-order valence-corrected chi connectivity index (χ1v) is 5.63. The van der Waals surface area contributed by atoms with Gasteiger partial charge in [-0.25, -0.2) is 4.98 Å². The Balaban J connectivity index is 2.26. The van der Waals surface area contributed by atoms with Crippen LogP contribution in [0.15, 0.2) is 53.6 Å². The highest BCUT2D eigenvalue weighted by Crippen LogP contribution is 2.18. The summed E-state index contributed by atoms with van der Waals surface area (Å²) in [6.07, 6.45) is 3.61. The van der Waals surface area contributed by atoms with Crippen molar-refractivity contribution < 1.29 is 0 Å². The van der Waals surface area contributed by atoms with Crippen molar-refractivity contribution in [2.24, 2.45) is 7.05 Å². The Kier molecular flexibility index (Phi) is 2.41. The van der Waals surface area contributed by atoms with Crippen LogP contribution in [-0.2, 0) is 7.05 Å². The highest BCUT2D eigenvalue weighted by atomic mass is 16.1. The van der Waals surface area contributed by atoms with Gasteiger partial charge in [0.25, 0.3) is 5.56 Å². The van der Waals surface area contributed by atoms with E-state index in [1.807, 2.05) is 54.2 Å². The minimum Gasteiger partial charge on any atom is -0.356 e. The fourth-order valence-electron chi connectivity index (χ4n) is 1.86. The summed E-state index contributed by atoms with van der Waals surface area (Å²) in [6, 6.07) is 11.3. The van der Waals surface area contributed by atoms with E-state index < -0.39 is 0 Å². The lowest BCUT2D eigenvalue weighted by Crippen LogP contribution is -2.14. The van der Waals surface area contributed by atoms with E-state index in [1.165, 1.54) is 0 Å². The van der Waals surface area contributed by atoms with Crippen molar-refractivity contribution >= 4 is 0 Å². The summed E-state index contributed by atoms with van der Waals surface area (Å²) >= 11 is 0. The molecule has 0 fully saturated rings. The molecule has 0 aromatic heterocycles. The Hall–Kier alpha value is -2.49. The van der Waals surface area contributed by atoms with Crippen molar-refractivity contribution in [2.75, 3.05) is 0 Å². The van der Waals surface area contributed by atoms with Gasteiger partial charge in [0.15, 0.2) is 5.82 Å². The van der Waals surface area contributed by atoms with E-state index in [-0.39, 0.29) is 5.56 Å². The lowest BCUT2D eigenvalue weighted by molar-refractivity contribution is 0.896. The van der Waals surface area contributed by atoms with Gasteiger partial charge in [0.2, 0.25) is 0 Å². The number of aromatic nitrogens is 3. The van der Waals surface area contributed by atoms with Crippen molar-refractivity contribution in [1.82, 2.24) is 14.5 Å². The summed E-state index contributed by atoms with van der Waals surface area (Å²) in [5, 5.41) is 0. The number of pyridine rings is 1. The Morgan fingerprint density at radius 1 is 1.06 bits per heavy atom. The monoisotopic (exact) mass is 237 g/mol. The molecule has 0 radical (unpaired) electrons. The van der Waals surface area contributed by atoms with Gasteiger partial charge in [-0.05, 0) is 6.07 Å². The van der Waals surface area contributed by atoms with Crippen LogP contribution < -0.4 is 5.56 Å². The molecule has 18 heavy (non-hydrogen) atoms. The minimum atomic E-state index is -0.241. The molecule has 0 bridgehead atoms. The van der Waals surface area contributed by atoms with E-state index in [2.05, 4.69) is 9.97 Å². The molecule has 1 aromatic carbocycles. The molecule has 0 saturated carbocycles. The SMILES string of the molecule is Cn1ccc2nc(-c3ccccc3)nc(=O)c-2c1. The van der Waals surface area contributed by atoms with Crippen LogP contribution in [0.2, 0.25) is 0 Å². The molecule has 1 aromatic rings. The highest BCUT2D eigenvalue weighted by Gasteiger charge is 2.12. The molecule has 0 atom stereocenters. The molecule has 0 saturated heterocycles. The molecule has 3 rings (SSSR count). The van der Waals surface area contributed by atoms with Crippen LogP contribution in [0, 0.1) is 0 Å². The van der Waals surface area contributed by atoms with Crippen molar-refractivity contribution in [2.45, 2.75) is 0 Å². The van der Waals surface area contributed by atoms with Crippen LogP contribution in [0.25, 0.3) is 22.6 Å². The fourth-order valence-corrected chi connectivity index (χ4v) is 1.86. The van der Waals surface area contributed by atoms with Crippen LogP contribution in [-0.4, -0.2) is 14.5 Å². The van der Waals surface area contributed by atoms with Gasteiger partial charge in [0.1, 0.15) is 0 Å². The second kappa shape index (κ2) is 4.07. The molecule has 0 amide bonds. The average Bonchev–Trinajstić information content (AvgIpc) is 2.40. The Morgan fingerprint density at radius 3 is 2.61 bits per heavy atom. The Morgan fingerprint density at radius 2 is 1.83 bits per heavy atom. The molecule has 0 unspecified atom stereocenters. The molecule has 0 N–H and O–H groups in total. The molecule has 2 aliphatic rings. The molecular formula is C14H11N3O. The third-order valence-corrected chi connectivity index (χ3v) is 2.77. The van der Waals surface area contributed by atoms with Crippen LogP contribution >= 0.6 is 0 Å². The van der Waals surface area contributed by atoms with Gasteiger partial charge >= 0.3 is 0 Å². The summed E-state index contributed by atoms with van der Waals surface area (Å²) in [5.41, 5.74) is 1.83. The van der Waals surface area contributed by atoms with E-state index in [4.69, 9.17) is 0 Å². The van der Waals surface area contributed by atoms with Gasteiger partial charge < -0.3 is 4.57 Å². The first-order chi connectivity index (χ1) is 8.74. The van der Waals surface area contributed by atoms with Gasteiger partial charge in [-0.15, -0.1) is 0 Å². The normalized spacial score (nSPS) is 10.7. The number of nitrogens with zero attached hydrogens (tertiary/aromatic N) is 3. The molecule has 2 aliphatic heterocycles. The van der Waals surface area contributed by atoms with Crippen molar-refractivity contribution in [3.05, 3.63) is 59.1 Å². The molecule has 0 aliphatic carbocycles. The third kappa shape index (κ3) is 1.78. The number of benzene rings is 1. The zero-order valence-corrected chi connectivity index (χ0v) is 9.87. The summed E-state index contributed by atoms with van der Waals surface area (Å²) < 4.78 is 1.81. The van der Waals surface area contributed by atoms with Gasteiger partial charge in [-0.1, -0.05) is 30.3 Å². The van der Waals surface area contributed by atoms with Gasteiger partial charge in [0.05, 0.1) is 11.3 Å². The zero-order valence-electron chi connectivity index (χ0n) is 9.87. The van der Waals surface area contributed by atoms with Gasteiger partial charge in [-0.3, -0.25) is 4.79 Å². The maximum Gasteiger partial charge on any atom is 0.282 e. The van der Waals surface area contributed by atoms with E-state index >= 15 is 0 Å². The van der Waals surface area contributed by atoms with Gasteiger partial charge in [0, 0.05) is 25.0 Å². The number of hydrogen-bond donors (Lipinski definition) is 0. The number of aryl methyl sites for hydroxylation is 1. The molecule has 0 spiro atoms. The predicted molar refractivity (Wildman–Crippen MR) is 69.3 cm³/mol. The van der Waals surface area contributed by atoms with Crippen LogP contribution in [0.4, 0.5) is 0 Å². The second-order valence-corrected chi connectivity index (χ2v) is 4.13. The largest absolute Gasteiger partial charge is 0.356 e. The number of hydrogen-bond acceptors (Lipinski definition) is 3. The quantitative estimate of drug-likeness (QED) is 0.650.